The van der Waals surface area contributed by atoms with Crippen molar-refractivity contribution in [2.45, 2.75) is 6.61 Å². The summed E-state index contributed by atoms with van der Waals surface area (Å²) in [4.78, 5) is 12.3. The summed E-state index contributed by atoms with van der Waals surface area (Å²) >= 11 is 7.17. The standard InChI is InChI=1S/C15H10ClNO3S/c16-11-5-3-10(4-6-11)13-8-12(17-20-13)9-19-15(18)14-2-1-7-21-14/h1-8H,9H2. The van der Waals surface area contributed by atoms with Crippen LogP contribution in [0.5, 0.6) is 0 Å². The number of nitrogens with zero attached hydrogens (tertiary/aromatic N) is 1. The molecule has 0 radical (unpaired) electrons. The molecule has 0 atom stereocenters. The Labute approximate surface area is 129 Å². The highest BCUT2D eigenvalue weighted by Gasteiger charge is 2.11. The van der Waals surface area contributed by atoms with Gasteiger partial charge in [0.05, 0.1) is 0 Å². The van der Waals surface area contributed by atoms with E-state index in [9.17, 15) is 4.79 Å². The van der Waals surface area contributed by atoms with E-state index in [1.165, 1.54) is 11.3 Å². The molecule has 0 spiro atoms. The number of carbonyl (C=O) groups excluding carboxylic acids is 1. The van der Waals surface area contributed by atoms with Crippen LogP contribution in [-0.4, -0.2) is 11.1 Å². The van der Waals surface area contributed by atoms with Gasteiger partial charge in [-0.3, -0.25) is 0 Å². The van der Waals surface area contributed by atoms with Crippen LogP contribution in [0.1, 0.15) is 15.4 Å². The second-order valence-electron chi connectivity index (χ2n) is 4.24. The summed E-state index contributed by atoms with van der Waals surface area (Å²) in [5, 5.41) is 6.37. The van der Waals surface area contributed by atoms with Gasteiger partial charge in [-0.2, -0.15) is 0 Å². The van der Waals surface area contributed by atoms with Crippen LogP contribution in [0.25, 0.3) is 11.3 Å². The molecule has 0 saturated carbocycles. The van der Waals surface area contributed by atoms with Crippen molar-refractivity contribution in [1.82, 2.24) is 5.16 Å². The molecule has 1 aromatic carbocycles. The summed E-state index contributed by atoms with van der Waals surface area (Å²) in [7, 11) is 0. The summed E-state index contributed by atoms with van der Waals surface area (Å²) < 4.78 is 10.4. The van der Waals surface area contributed by atoms with E-state index in [0.717, 1.165) is 5.56 Å². The number of hydrogen-bond acceptors (Lipinski definition) is 5. The highest BCUT2D eigenvalue weighted by molar-refractivity contribution is 7.11. The molecule has 6 heteroatoms. The highest BCUT2D eigenvalue weighted by atomic mass is 35.5. The first-order valence-corrected chi connectivity index (χ1v) is 7.40. The van der Waals surface area contributed by atoms with Gasteiger partial charge in [-0.05, 0) is 35.7 Å². The van der Waals surface area contributed by atoms with E-state index in [-0.39, 0.29) is 12.6 Å². The van der Waals surface area contributed by atoms with Crippen LogP contribution in [0, 0.1) is 0 Å². The summed E-state index contributed by atoms with van der Waals surface area (Å²) in [5.41, 5.74) is 1.42. The van der Waals surface area contributed by atoms with Crippen LogP contribution < -0.4 is 0 Å². The van der Waals surface area contributed by atoms with E-state index in [4.69, 9.17) is 20.9 Å². The highest BCUT2D eigenvalue weighted by Crippen LogP contribution is 2.22. The molecule has 0 aliphatic rings. The van der Waals surface area contributed by atoms with Crippen molar-refractivity contribution in [3.63, 3.8) is 0 Å². The average Bonchev–Trinajstić information content (AvgIpc) is 3.17. The van der Waals surface area contributed by atoms with Gasteiger partial charge in [0.25, 0.3) is 0 Å². The van der Waals surface area contributed by atoms with Gasteiger partial charge in [-0.15, -0.1) is 11.3 Å². The first kappa shape index (κ1) is 13.9. The SMILES string of the molecule is O=C(OCc1cc(-c2ccc(Cl)cc2)on1)c1cccs1. The maximum absolute atomic E-state index is 11.7. The number of rotatable bonds is 4. The average molecular weight is 320 g/mol. The third-order valence-corrected chi connectivity index (χ3v) is 3.86. The third-order valence-electron chi connectivity index (χ3n) is 2.76. The second kappa shape index (κ2) is 6.11. The maximum Gasteiger partial charge on any atom is 0.348 e. The van der Waals surface area contributed by atoms with Crippen molar-refractivity contribution >= 4 is 28.9 Å². The third kappa shape index (κ3) is 3.32. The van der Waals surface area contributed by atoms with Crippen molar-refractivity contribution in [3.05, 3.63) is 63.4 Å². The molecule has 0 saturated heterocycles. The normalized spacial score (nSPS) is 10.5. The van der Waals surface area contributed by atoms with Gasteiger partial charge in [0.1, 0.15) is 17.2 Å². The van der Waals surface area contributed by atoms with Gasteiger partial charge in [-0.1, -0.05) is 22.8 Å². The number of carbonyl (C=O) groups is 1. The van der Waals surface area contributed by atoms with Gasteiger partial charge < -0.3 is 9.26 Å². The van der Waals surface area contributed by atoms with E-state index in [0.29, 0.717) is 21.4 Å². The Hall–Kier alpha value is -2.11. The molecule has 2 aromatic heterocycles. The van der Waals surface area contributed by atoms with Gasteiger partial charge in [-0.25, -0.2) is 4.79 Å². The Kier molecular flexibility index (Phi) is 4.03. The fourth-order valence-corrected chi connectivity index (χ4v) is 2.48. The fourth-order valence-electron chi connectivity index (χ4n) is 1.74. The lowest BCUT2D eigenvalue weighted by Gasteiger charge is -1.98. The predicted octanol–water partition coefficient (Wildman–Crippen LogP) is 4.41. The minimum Gasteiger partial charge on any atom is -0.455 e. The molecule has 21 heavy (non-hydrogen) atoms. The molecule has 0 unspecified atom stereocenters. The summed E-state index contributed by atoms with van der Waals surface area (Å²) in [6, 6.07) is 12.5. The largest absolute Gasteiger partial charge is 0.455 e. The first-order chi connectivity index (χ1) is 10.2. The van der Waals surface area contributed by atoms with Crippen molar-refractivity contribution < 1.29 is 14.1 Å². The van der Waals surface area contributed by atoms with Gasteiger partial charge in [0, 0.05) is 16.7 Å². The minimum atomic E-state index is -0.360. The second-order valence-corrected chi connectivity index (χ2v) is 5.63. The van der Waals surface area contributed by atoms with Gasteiger partial charge in [0.15, 0.2) is 5.76 Å². The zero-order chi connectivity index (χ0) is 14.7. The number of aromatic nitrogens is 1. The summed E-state index contributed by atoms with van der Waals surface area (Å²) in [5.74, 6) is 0.245. The molecule has 0 fully saturated rings. The number of esters is 1. The summed E-state index contributed by atoms with van der Waals surface area (Å²) in [6.45, 7) is 0.0772. The molecular formula is C15H10ClNO3S. The lowest BCUT2D eigenvalue weighted by atomic mass is 10.2. The number of halogens is 1. The summed E-state index contributed by atoms with van der Waals surface area (Å²) in [6.07, 6.45) is 0. The van der Waals surface area contributed by atoms with Crippen molar-refractivity contribution in [1.29, 1.82) is 0 Å². The van der Waals surface area contributed by atoms with E-state index >= 15 is 0 Å². The minimum absolute atomic E-state index is 0.0772. The molecular weight excluding hydrogens is 310 g/mol. The number of thiophene rings is 1. The number of ether oxygens (including phenoxy) is 1. The Morgan fingerprint density at radius 1 is 1.29 bits per heavy atom. The molecule has 3 rings (SSSR count). The lowest BCUT2D eigenvalue weighted by Crippen LogP contribution is -2.03. The maximum atomic E-state index is 11.7. The zero-order valence-corrected chi connectivity index (χ0v) is 12.4. The number of benzene rings is 1. The number of hydrogen-bond donors (Lipinski definition) is 0. The van der Waals surface area contributed by atoms with Crippen LogP contribution >= 0.6 is 22.9 Å². The predicted molar refractivity (Wildman–Crippen MR) is 80.4 cm³/mol. The molecule has 0 N–H and O–H groups in total. The molecule has 4 nitrogen and oxygen atoms in total. The Morgan fingerprint density at radius 3 is 2.81 bits per heavy atom. The van der Waals surface area contributed by atoms with E-state index in [1.807, 2.05) is 17.5 Å². The van der Waals surface area contributed by atoms with Crippen molar-refractivity contribution in [2.75, 3.05) is 0 Å². The van der Waals surface area contributed by atoms with Crippen LogP contribution in [-0.2, 0) is 11.3 Å². The molecule has 2 heterocycles. The fraction of sp³-hybridized carbons (Fsp3) is 0.0667. The molecule has 106 valence electrons. The Balaban J connectivity index is 1.65. The van der Waals surface area contributed by atoms with Crippen LogP contribution in [0.3, 0.4) is 0 Å². The van der Waals surface area contributed by atoms with Crippen LogP contribution in [0.4, 0.5) is 0 Å². The van der Waals surface area contributed by atoms with Gasteiger partial charge in [0.2, 0.25) is 0 Å². The zero-order valence-electron chi connectivity index (χ0n) is 10.8. The monoisotopic (exact) mass is 319 g/mol. The van der Waals surface area contributed by atoms with Crippen molar-refractivity contribution in [2.24, 2.45) is 0 Å². The van der Waals surface area contributed by atoms with E-state index in [1.54, 1.807) is 30.3 Å². The lowest BCUT2D eigenvalue weighted by molar-refractivity contribution is 0.0470. The molecule has 0 bridgehead atoms. The molecule has 3 aromatic rings. The van der Waals surface area contributed by atoms with Crippen molar-refractivity contribution in [3.8, 4) is 11.3 Å². The Morgan fingerprint density at radius 2 is 2.10 bits per heavy atom. The molecule has 0 amide bonds. The quantitative estimate of drug-likeness (QED) is 0.668. The van der Waals surface area contributed by atoms with Crippen LogP contribution in [0.15, 0.2) is 52.4 Å². The Bertz CT molecular complexity index is 735. The van der Waals surface area contributed by atoms with E-state index in [2.05, 4.69) is 5.16 Å². The van der Waals surface area contributed by atoms with Gasteiger partial charge >= 0.3 is 5.97 Å². The van der Waals surface area contributed by atoms with E-state index < -0.39 is 0 Å². The molecule has 0 aliphatic carbocycles. The molecule has 0 aliphatic heterocycles. The smallest absolute Gasteiger partial charge is 0.348 e. The van der Waals surface area contributed by atoms with Crippen LogP contribution in [0.2, 0.25) is 5.02 Å². The first-order valence-electron chi connectivity index (χ1n) is 6.14. The topological polar surface area (TPSA) is 52.3 Å².